The molecule has 0 saturated carbocycles. The van der Waals surface area contributed by atoms with Crippen molar-refractivity contribution in [3.05, 3.63) is 24.0 Å². The van der Waals surface area contributed by atoms with Crippen LogP contribution in [0.4, 0.5) is 4.39 Å². The number of sulfonamides is 1. The Morgan fingerprint density at radius 3 is 2.33 bits per heavy atom. The number of hydrogen-bond donors (Lipinski definition) is 2. The zero-order chi connectivity index (χ0) is 16.3. The van der Waals surface area contributed by atoms with E-state index in [1.807, 2.05) is 6.92 Å². The second-order valence-electron chi connectivity index (χ2n) is 4.88. The maximum absolute atomic E-state index is 13.7. The van der Waals surface area contributed by atoms with Gasteiger partial charge in [0.2, 0.25) is 10.0 Å². The summed E-state index contributed by atoms with van der Waals surface area (Å²) in [4.78, 5) is -0.908. The predicted molar refractivity (Wildman–Crippen MR) is 77.8 cm³/mol. The van der Waals surface area contributed by atoms with E-state index in [1.165, 1.54) is 0 Å². The Morgan fingerprint density at radius 1 is 1.19 bits per heavy atom. The second kappa shape index (κ2) is 6.82. The molecular formula is C12H19FN2O4S2. The molecule has 0 spiro atoms. The lowest BCUT2D eigenvalue weighted by Crippen LogP contribution is -2.32. The summed E-state index contributed by atoms with van der Waals surface area (Å²) in [6, 6.07) is 2.70. The largest absolute Gasteiger partial charge is 0.319 e. The van der Waals surface area contributed by atoms with Gasteiger partial charge >= 0.3 is 0 Å². The molecule has 9 heteroatoms. The maximum atomic E-state index is 13.7. The minimum atomic E-state index is -4.10. The van der Waals surface area contributed by atoms with Gasteiger partial charge in [0, 0.05) is 12.8 Å². The van der Waals surface area contributed by atoms with Crippen LogP contribution in [0.5, 0.6) is 0 Å². The Kier molecular flexibility index (Phi) is 5.85. The Labute approximate surface area is 124 Å². The fraction of sp³-hybridized carbons (Fsp3) is 0.500. The normalized spacial score (nSPS) is 14.1. The number of nitrogens with one attached hydrogen (secondary N) is 2. The summed E-state index contributed by atoms with van der Waals surface area (Å²) in [5.74, 6) is -0.984. The third-order valence-electron chi connectivity index (χ3n) is 2.79. The molecule has 0 aliphatic carbocycles. The topological polar surface area (TPSA) is 92.3 Å². The lowest BCUT2D eigenvalue weighted by molar-refractivity contribution is 0.513. The van der Waals surface area contributed by atoms with Gasteiger partial charge in [0.05, 0.1) is 4.90 Å². The molecular weight excluding hydrogens is 319 g/mol. The third-order valence-corrected chi connectivity index (χ3v) is 5.34. The quantitative estimate of drug-likeness (QED) is 0.701. The van der Waals surface area contributed by atoms with Crippen molar-refractivity contribution in [2.24, 2.45) is 5.92 Å². The van der Waals surface area contributed by atoms with E-state index in [0.717, 1.165) is 24.5 Å². The molecule has 0 saturated heterocycles. The molecule has 0 bridgehead atoms. The molecule has 1 atom stereocenters. The number of rotatable bonds is 7. The number of benzene rings is 1. The number of hydrogen-bond acceptors (Lipinski definition) is 5. The van der Waals surface area contributed by atoms with Gasteiger partial charge in [-0.05, 0) is 37.7 Å². The van der Waals surface area contributed by atoms with E-state index in [-0.39, 0.29) is 17.4 Å². The lowest BCUT2D eigenvalue weighted by atomic mass is 10.2. The minimum Gasteiger partial charge on any atom is -0.319 e. The van der Waals surface area contributed by atoms with Crippen LogP contribution in [0.1, 0.15) is 6.92 Å². The van der Waals surface area contributed by atoms with Crippen molar-refractivity contribution in [1.29, 1.82) is 0 Å². The summed E-state index contributed by atoms with van der Waals surface area (Å²) in [5.41, 5.74) is 0. The van der Waals surface area contributed by atoms with Gasteiger partial charge in [0.25, 0.3) is 0 Å². The highest BCUT2D eigenvalue weighted by Crippen LogP contribution is 2.19. The van der Waals surface area contributed by atoms with Gasteiger partial charge < -0.3 is 5.32 Å². The molecule has 0 fully saturated rings. The zero-order valence-corrected chi connectivity index (χ0v) is 13.7. The first-order valence-electron chi connectivity index (χ1n) is 6.22. The summed E-state index contributed by atoms with van der Waals surface area (Å²) >= 11 is 0. The van der Waals surface area contributed by atoms with Crippen molar-refractivity contribution in [1.82, 2.24) is 10.0 Å². The SMILES string of the molecule is CNCC(C)CNS(=O)(=O)c1cc(S(C)(=O)=O)ccc1F. The Hall–Kier alpha value is -1.03. The highest BCUT2D eigenvalue weighted by atomic mass is 32.2. The molecule has 21 heavy (non-hydrogen) atoms. The standard InChI is InChI=1S/C12H19FN2O4S2/c1-9(7-14-2)8-15-21(18,19)12-6-10(20(3,16)17)4-5-11(12)13/h4-6,9,14-15H,7-8H2,1-3H3. The van der Waals surface area contributed by atoms with Crippen LogP contribution in [0.2, 0.25) is 0 Å². The minimum absolute atomic E-state index is 0.00549. The van der Waals surface area contributed by atoms with E-state index in [0.29, 0.717) is 6.54 Å². The summed E-state index contributed by atoms with van der Waals surface area (Å²) in [7, 11) is -5.98. The van der Waals surface area contributed by atoms with Gasteiger partial charge in [-0.15, -0.1) is 0 Å². The molecule has 0 aromatic heterocycles. The average molecular weight is 338 g/mol. The van der Waals surface area contributed by atoms with Crippen molar-refractivity contribution >= 4 is 19.9 Å². The smallest absolute Gasteiger partial charge is 0.243 e. The predicted octanol–water partition coefficient (Wildman–Crippen LogP) is 0.363. The molecule has 1 rings (SSSR count). The number of halogens is 1. The van der Waals surface area contributed by atoms with Gasteiger partial charge in [-0.3, -0.25) is 0 Å². The van der Waals surface area contributed by atoms with E-state index < -0.39 is 30.6 Å². The highest BCUT2D eigenvalue weighted by molar-refractivity contribution is 7.91. The first kappa shape index (κ1) is 18.0. The van der Waals surface area contributed by atoms with Crippen molar-refractivity contribution in [3.63, 3.8) is 0 Å². The van der Waals surface area contributed by atoms with Crippen molar-refractivity contribution in [3.8, 4) is 0 Å². The fourth-order valence-corrected chi connectivity index (χ4v) is 3.66. The summed E-state index contributed by atoms with van der Waals surface area (Å²) < 4.78 is 63.0. The third kappa shape index (κ3) is 5.03. The van der Waals surface area contributed by atoms with Crippen LogP contribution in [-0.2, 0) is 19.9 Å². The lowest BCUT2D eigenvalue weighted by Gasteiger charge is -2.13. The molecule has 1 aromatic carbocycles. The van der Waals surface area contributed by atoms with Crippen LogP contribution < -0.4 is 10.0 Å². The van der Waals surface area contributed by atoms with Crippen LogP contribution in [0.3, 0.4) is 0 Å². The van der Waals surface area contributed by atoms with Crippen LogP contribution in [0, 0.1) is 11.7 Å². The van der Waals surface area contributed by atoms with Gasteiger partial charge in [-0.1, -0.05) is 6.92 Å². The van der Waals surface area contributed by atoms with E-state index in [4.69, 9.17) is 0 Å². The van der Waals surface area contributed by atoms with Crippen LogP contribution in [0.15, 0.2) is 28.0 Å². The molecule has 6 nitrogen and oxygen atoms in total. The molecule has 0 amide bonds. The van der Waals surface area contributed by atoms with Gasteiger partial charge in [0.1, 0.15) is 10.7 Å². The zero-order valence-electron chi connectivity index (χ0n) is 12.1. The van der Waals surface area contributed by atoms with Gasteiger partial charge in [0.15, 0.2) is 9.84 Å². The fourth-order valence-electron chi connectivity index (χ4n) is 1.67. The molecule has 2 N–H and O–H groups in total. The van der Waals surface area contributed by atoms with Crippen molar-refractivity contribution in [2.75, 3.05) is 26.4 Å². The highest BCUT2D eigenvalue weighted by Gasteiger charge is 2.22. The molecule has 0 heterocycles. The number of sulfone groups is 1. The summed E-state index contributed by atoms with van der Waals surface area (Å²) in [5, 5.41) is 2.90. The molecule has 1 unspecified atom stereocenters. The van der Waals surface area contributed by atoms with Crippen LogP contribution in [-0.4, -0.2) is 43.2 Å². The van der Waals surface area contributed by atoms with E-state index in [1.54, 1.807) is 7.05 Å². The van der Waals surface area contributed by atoms with Crippen LogP contribution >= 0.6 is 0 Å². The van der Waals surface area contributed by atoms with Crippen molar-refractivity contribution in [2.45, 2.75) is 16.7 Å². The second-order valence-corrected chi connectivity index (χ2v) is 8.63. The molecule has 0 aliphatic heterocycles. The van der Waals surface area contributed by atoms with E-state index in [2.05, 4.69) is 10.0 Å². The molecule has 120 valence electrons. The summed E-state index contributed by atoms with van der Waals surface area (Å²) in [6.07, 6.45) is 0.930. The Balaban J connectivity index is 3.08. The average Bonchev–Trinajstić information content (AvgIpc) is 2.36. The van der Waals surface area contributed by atoms with E-state index in [9.17, 15) is 21.2 Å². The first-order valence-corrected chi connectivity index (χ1v) is 9.59. The molecule has 0 radical (unpaired) electrons. The van der Waals surface area contributed by atoms with Crippen LogP contribution in [0.25, 0.3) is 0 Å². The van der Waals surface area contributed by atoms with Crippen molar-refractivity contribution < 1.29 is 21.2 Å². The van der Waals surface area contributed by atoms with Gasteiger partial charge in [-0.2, -0.15) is 0 Å². The van der Waals surface area contributed by atoms with Gasteiger partial charge in [-0.25, -0.2) is 25.9 Å². The van der Waals surface area contributed by atoms with E-state index >= 15 is 0 Å². The first-order chi connectivity index (χ1) is 9.58. The maximum Gasteiger partial charge on any atom is 0.243 e. The Bertz CT molecular complexity index is 702. The Morgan fingerprint density at radius 2 is 1.81 bits per heavy atom. The molecule has 1 aromatic rings. The summed E-state index contributed by atoms with van der Waals surface area (Å²) in [6.45, 7) is 2.53. The monoisotopic (exact) mass is 338 g/mol. The molecule has 0 aliphatic rings.